The van der Waals surface area contributed by atoms with Crippen LogP contribution in [0.15, 0.2) is 48.5 Å². The van der Waals surface area contributed by atoms with E-state index in [1.165, 1.54) is 0 Å². The van der Waals surface area contributed by atoms with Crippen LogP contribution in [0.1, 0.15) is 46.8 Å². The summed E-state index contributed by atoms with van der Waals surface area (Å²) in [6.45, 7) is 0.276. The third-order valence-electron chi connectivity index (χ3n) is 5.22. The van der Waals surface area contributed by atoms with E-state index in [4.69, 9.17) is 10.5 Å². The van der Waals surface area contributed by atoms with Crippen molar-refractivity contribution in [2.24, 2.45) is 11.7 Å². The van der Waals surface area contributed by atoms with Crippen LogP contribution in [0.25, 0.3) is 0 Å². The van der Waals surface area contributed by atoms with Crippen LogP contribution in [0.2, 0.25) is 0 Å². The molecule has 2 aromatic carbocycles. The largest absolute Gasteiger partial charge is 0.491 e. The zero-order chi connectivity index (χ0) is 19.2. The Kier molecular flexibility index (Phi) is 8.30. The molecule has 4 N–H and O–H groups in total. The summed E-state index contributed by atoms with van der Waals surface area (Å²) in [5.74, 6) is 0.982. The zero-order valence-electron chi connectivity index (χ0n) is 16.1. The number of fused-ring (bicyclic) bond motifs is 1. The van der Waals surface area contributed by atoms with Gasteiger partial charge >= 0.3 is 0 Å². The van der Waals surface area contributed by atoms with Crippen molar-refractivity contribution in [1.82, 2.24) is 5.32 Å². The quantitative estimate of drug-likeness (QED) is 0.645. The van der Waals surface area contributed by atoms with Crippen LogP contribution >= 0.6 is 12.4 Å². The molecule has 6 heteroatoms. The SMILES string of the molecule is CNC(=O)c1ccc2c(c1)CC(C[C@H](O)COc1ccccc1)CCC2N.Cl. The van der Waals surface area contributed by atoms with E-state index in [1.54, 1.807) is 7.05 Å². The molecule has 0 radical (unpaired) electrons. The van der Waals surface area contributed by atoms with E-state index in [2.05, 4.69) is 5.32 Å². The average molecular weight is 405 g/mol. The van der Waals surface area contributed by atoms with E-state index in [1.807, 2.05) is 48.5 Å². The first-order valence-corrected chi connectivity index (χ1v) is 9.53. The average Bonchev–Trinajstić information content (AvgIpc) is 2.85. The summed E-state index contributed by atoms with van der Waals surface area (Å²) < 4.78 is 5.67. The highest BCUT2D eigenvalue weighted by Crippen LogP contribution is 2.32. The number of aliphatic hydroxyl groups excluding tert-OH is 1. The summed E-state index contributed by atoms with van der Waals surface area (Å²) in [6, 6.07) is 15.2. The van der Waals surface area contributed by atoms with Crippen molar-refractivity contribution in [2.75, 3.05) is 13.7 Å². The lowest BCUT2D eigenvalue weighted by Gasteiger charge is -2.19. The van der Waals surface area contributed by atoms with E-state index >= 15 is 0 Å². The number of rotatable bonds is 6. The van der Waals surface area contributed by atoms with E-state index in [9.17, 15) is 9.90 Å². The molecule has 0 aromatic heterocycles. The predicted octanol–water partition coefficient (Wildman–Crippen LogP) is 3.25. The second kappa shape index (κ2) is 10.5. The first-order chi connectivity index (χ1) is 13.1. The van der Waals surface area contributed by atoms with Crippen LogP contribution in [-0.2, 0) is 6.42 Å². The van der Waals surface area contributed by atoms with Gasteiger partial charge in [-0.3, -0.25) is 4.79 Å². The number of hydrogen-bond acceptors (Lipinski definition) is 4. The molecule has 0 fully saturated rings. The number of carbonyl (C=O) groups is 1. The number of hydrogen-bond donors (Lipinski definition) is 3. The second-order valence-electron chi connectivity index (χ2n) is 7.26. The third kappa shape index (κ3) is 5.71. The van der Waals surface area contributed by atoms with Gasteiger partial charge in [-0.1, -0.05) is 24.3 Å². The molecule has 0 heterocycles. The van der Waals surface area contributed by atoms with E-state index in [0.29, 0.717) is 17.9 Å². The molecule has 0 spiro atoms. The van der Waals surface area contributed by atoms with Crippen LogP contribution in [0.3, 0.4) is 0 Å². The van der Waals surface area contributed by atoms with E-state index in [0.717, 1.165) is 36.1 Å². The topological polar surface area (TPSA) is 84.6 Å². The summed E-state index contributed by atoms with van der Waals surface area (Å²) in [5, 5.41) is 13.1. The van der Waals surface area contributed by atoms with Gasteiger partial charge in [0.25, 0.3) is 5.91 Å². The lowest BCUT2D eigenvalue weighted by atomic mass is 9.91. The fraction of sp³-hybridized carbons (Fsp3) is 0.409. The van der Waals surface area contributed by atoms with Gasteiger partial charge in [0.2, 0.25) is 0 Å². The molecule has 0 saturated carbocycles. The Bertz CT molecular complexity index is 770. The minimum atomic E-state index is -0.532. The van der Waals surface area contributed by atoms with E-state index in [-0.39, 0.29) is 31.0 Å². The van der Waals surface area contributed by atoms with Crippen LogP contribution < -0.4 is 15.8 Å². The summed E-state index contributed by atoms with van der Waals surface area (Å²) >= 11 is 0. The Morgan fingerprint density at radius 1 is 1.25 bits per heavy atom. The predicted molar refractivity (Wildman–Crippen MR) is 113 cm³/mol. The van der Waals surface area contributed by atoms with Crippen molar-refractivity contribution in [1.29, 1.82) is 0 Å². The Balaban J connectivity index is 0.00000280. The summed E-state index contributed by atoms with van der Waals surface area (Å²) in [6.07, 6.45) is 2.77. The Hall–Kier alpha value is -2.08. The van der Waals surface area contributed by atoms with Gasteiger partial charge in [-0.05, 0) is 67.0 Å². The lowest BCUT2D eigenvalue weighted by Crippen LogP contribution is -2.22. The molecule has 0 saturated heterocycles. The fourth-order valence-corrected chi connectivity index (χ4v) is 3.78. The van der Waals surface area contributed by atoms with Crippen LogP contribution in [0.5, 0.6) is 5.75 Å². The maximum atomic E-state index is 11.9. The van der Waals surface area contributed by atoms with Crippen molar-refractivity contribution in [3.8, 4) is 5.75 Å². The summed E-state index contributed by atoms with van der Waals surface area (Å²) in [4.78, 5) is 11.9. The van der Waals surface area contributed by atoms with Crippen LogP contribution in [-0.4, -0.2) is 30.8 Å². The molecule has 152 valence electrons. The van der Waals surface area contributed by atoms with Gasteiger partial charge in [0, 0.05) is 18.7 Å². The number of aliphatic hydroxyl groups is 1. The number of para-hydroxylation sites is 1. The molecule has 5 nitrogen and oxygen atoms in total. The van der Waals surface area contributed by atoms with Gasteiger partial charge in [-0.15, -0.1) is 12.4 Å². The smallest absolute Gasteiger partial charge is 0.251 e. The minimum absolute atomic E-state index is 0. The first kappa shape index (κ1) is 22.2. The normalized spacial score (nSPS) is 19.5. The molecule has 1 aliphatic rings. The highest BCUT2D eigenvalue weighted by Gasteiger charge is 2.24. The zero-order valence-corrected chi connectivity index (χ0v) is 17.0. The second-order valence-corrected chi connectivity index (χ2v) is 7.26. The summed E-state index contributed by atoms with van der Waals surface area (Å²) in [7, 11) is 1.63. The number of amides is 1. The Labute approximate surface area is 172 Å². The van der Waals surface area contributed by atoms with Crippen molar-refractivity contribution in [2.45, 2.75) is 37.8 Å². The fourth-order valence-electron chi connectivity index (χ4n) is 3.78. The lowest BCUT2D eigenvalue weighted by molar-refractivity contribution is 0.0831. The van der Waals surface area contributed by atoms with Gasteiger partial charge < -0.3 is 20.9 Å². The molecular weight excluding hydrogens is 376 g/mol. The number of ether oxygens (including phenoxy) is 1. The number of carbonyl (C=O) groups excluding carboxylic acids is 1. The standard InChI is InChI=1S/C22H28N2O3.ClH/c1-24-22(26)16-8-9-20-17(13-16)11-15(7-10-21(20)23)12-18(25)14-27-19-5-3-2-4-6-19;/h2-6,8-9,13,15,18,21,25H,7,10-12,14,23H2,1H3,(H,24,26);1H/t15?,18-,21?;/m0./s1. The maximum absolute atomic E-state index is 11.9. The van der Waals surface area contributed by atoms with Gasteiger partial charge in [-0.2, -0.15) is 0 Å². The third-order valence-corrected chi connectivity index (χ3v) is 5.22. The molecule has 1 aliphatic carbocycles. The summed E-state index contributed by atoms with van der Waals surface area (Å²) in [5.41, 5.74) is 9.22. The number of nitrogens with two attached hydrogens (primary N) is 1. The number of halogens is 1. The monoisotopic (exact) mass is 404 g/mol. The van der Waals surface area contributed by atoms with Crippen molar-refractivity contribution in [3.05, 3.63) is 65.2 Å². The van der Waals surface area contributed by atoms with Crippen molar-refractivity contribution < 1.29 is 14.6 Å². The Morgan fingerprint density at radius 3 is 2.71 bits per heavy atom. The van der Waals surface area contributed by atoms with Crippen LogP contribution in [0, 0.1) is 5.92 Å². The molecule has 1 amide bonds. The molecule has 3 rings (SSSR count). The van der Waals surface area contributed by atoms with Gasteiger partial charge in [0.1, 0.15) is 12.4 Å². The van der Waals surface area contributed by atoms with Crippen molar-refractivity contribution in [3.63, 3.8) is 0 Å². The molecule has 2 unspecified atom stereocenters. The maximum Gasteiger partial charge on any atom is 0.251 e. The molecule has 3 atom stereocenters. The molecule has 2 aromatic rings. The molecular formula is C22H29ClN2O3. The highest BCUT2D eigenvalue weighted by atomic mass is 35.5. The highest BCUT2D eigenvalue weighted by molar-refractivity contribution is 5.94. The van der Waals surface area contributed by atoms with Crippen molar-refractivity contribution >= 4 is 18.3 Å². The first-order valence-electron chi connectivity index (χ1n) is 9.53. The molecule has 28 heavy (non-hydrogen) atoms. The minimum Gasteiger partial charge on any atom is -0.491 e. The Morgan fingerprint density at radius 2 is 2.00 bits per heavy atom. The molecule has 0 aliphatic heterocycles. The van der Waals surface area contributed by atoms with E-state index < -0.39 is 6.10 Å². The number of nitrogens with one attached hydrogen (secondary N) is 1. The van der Waals surface area contributed by atoms with Gasteiger partial charge in [0.15, 0.2) is 0 Å². The van der Waals surface area contributed by atoms with Crippen LogP contribution in [0.4, 0.5) is 0 Å². The van der Waals surface area contributed by atoms with Gasteiger partial charge in [-0.25, -0.2) is 0 Å². The molecule has 0 bridgehead atoms. The number of benzene rings is 2. The van der Waals surface area contributed by atoms with Gasteiger partial charge in [0.05, 0.1) is 6.10 Å².